The summed E-state index contributed by atoms with van der Waals surface area (Å²) in [5.41, 5.74) is 0. The van der Waals surface area contributed by atoms with Crippen LogP contribution < -0.4 is 0 Å². The summed E-state index contributed by atoms with van der Waals surface area (Å²) < 4.78 is 17.3. The Morgan fingerprint density at radius 1 is 0.404 bits per heavy atom. The van der Waals surface area contributed by atoms with Crippen LogP contribution >= 0.6 is 0 Å². The predicted octanol–water partition coefficient (Wildman–Crippen LogP) is 15.1. The van der Waals surface area contributed by atoms with Crippen molar-refractivity contribution in [2.45, 2.75) is 258 Å². The normalized spacial score (nSPS) is 12.1. The Kier molecular flexibility index (Phi) is 42.9. The number of hydrogen-bond donors (Lipinski definition) is 0. The largest absolute Gasteiger partial charge is 0.462 e. The minimum Gasteiger partial charge on any atom is -0.462 e. The maximum absolute atomic E-state index is 12.6. The van der Waals surface area contributed by atoms with Gasteiger partial charge in [0.1, 0.15) is 6.61 Å². The molecule has 0 amide bonds. The summed E-state index contributed by atoms with van der Waals surface area (Å²) in [5, 5.41) is 0. The number of esters is 2. The Balaban J connectivity index is 4.08. The second-order valence-corrected chi connectivity index (χ2v) is 15.7. The lowest BCUT2D eigenvalue weighted by Crippen LogP contribution is -2.30. The molecular weight excluding hydrogens is 645 g/mol. The first-order valence-electron chi connectivity index (χ1n) is 23.2. The Bertz CT molecular complexity index is 750. The lowest BCUT2D eigenvalue weighted by atomic mass is 10.1. The van der Waals surface area contributed by atoms with Crippen molar-refractivity contribution in [3.8, 4) is 0 Å². The zero-order valence-corrected chi connectivity index (χ0v) is 35.4. The fourth-order valence-electron chi connectivity index (χ4n) is 6.80. The molecule has 0 bridgehead atoms. The predicted molar refractivity (Wildman–Crippen MR) is 224 cm³/mol. The average Bonchev–Trinajstić information content (AvgIpc) is 3.14. The van der Waals surface area contributed by atoms with Gasteiger partial charge in [0.15, 0.2) is 6.10 Å². The molecule has 5 heteroatoms. The molecule has 0 heterocycles. The quantitative estimate of drug-likeness (QED) is 0.0355. The van der Waals surface area contributed by atoms with E-state index in [4.69, 9.17) is 14.2 Å². The van der Waals surface area contributed by atoms with E-state index >= 15 is 0 Å². The van der Waals surface area contributed by atoms with E-state index in [-0.39, 0.29) is 18.5 Å². The molecule has 5 nitrogen and oxygen atoms in total. The molecule has 0 aromatic rings. The van der Waals surface area contributed by atoms with Gasteiger partial charge in [-0.3, -0.25) is 9.59 Å². The monoisotopic (exact) mass is 735 g/mol. The van der Waals surface area contributed by atoms with Crippen molar-refractivity contribution in [3.63, 3.8) is 0 Å². The van der Waals surface area contributed by atoms with Crippen LogP contribution in [0.1, 0.15) is 252 Å². The minimum absolute atomic E-state index is 0.0918. The van der Waals surface area contributed by atoms with Gasteiger partial charge in [-0.15, -0.1) is 0 Å². The first-order valence-corrected chi connectivity index (χ1v) is 23.2. The number of unbranched alkanes of at least 4 members (excludes halogenated alkanes) is 30. The zero-order valence-electron chi connectivity index (χ0n) is 35.4. The lowest BCUT2D eigenvalue weighted by molar-refractivity contribution is -0.163. The van der Waals surface area contributed by atoms with Crippen LogP contribution in [0.5, 0.6) is 0 Å². The summed E-state index contributed by atoms with van der Waals surface area (Å²) in [7, 11) is 0. The van der Waals surface area contributed by atoms with E-state index in [2.05, 4.69) is 32.9 Å². The zero-order chi connectivity index (χ0) is 37.8. The summed E-state index contributed by atoms with van der Waals surface area (Å²) in [6, 6.07) is 0. The van der Waals surface area contributed by atoms with E-state index in [1.165, 1.54) is 180 Å². The highest BCUT2D eigenvalue weighted by molar-refractivity contribution is 5.70. The number of allylic oxidation sites excluding steroid dienone is 2. The molecule has 0 fully saturated rings. The Morgan fingerprint density at radius 3 is 1.17 bits per heavy atom. The van der Waals surface area contributed by atoms with Gasteiger partial charge >= 0.3 is 11.9 Å². The topological polar surface area (TPSA) is 61.8 Å². The Morgan fingerprint density at radius 2 is 0.750 bits per heavy atom. The number of carbonyl (C=O) groups is 2. The molecule has 0 aliphatic heterocycles. The van der Waals surface area contributed by atoms with E-state index in [0.717, 1.165) is 38.5 Å². The molecule has 0 aromatic heterocycles. The van der Waals surface area contributed by atoms with Crippen LogP contribution in [-0.2, 0) is 23.8 Å². The standard InChI is InChI=1S/C47H90O5/c1-4-7-10-13-16-18-20-21-22-23-24-25-26-28-30-33-36-39-42-50-43-45(52-47(49)41-38-35-31-15-12-9-6-3)44-51-46(48)40-37-34-32-29-27-19-17-14-11-8-5-2/h21-22,45H,4-20,23-44H2,1-3H3/b22-21-. The fourth-order valence-corrected chi connectivity index (χ4v) is 6.80. The molecule has 0 saturated heterocycles. The number of hydrogen-bond acceptors (Lipinski definition) is 5. The molecule has 0 spiro atoms. The molecule has 0 radical (unpaired) electrons. The van der Waals surface area contributed by atoms with Crippen molar-refractivity contribution in [2.24, 2.45) is 0 Å². The van der Waals surface area contributed by atoms with Crippen molar-refractivity contribution in [3.05, 3.63) is 12.2 Å². The highest BCUT2D eigenvalue weighted by Crippen LogP contribution is 2.15. The van der Waals surface area contributed by atoms with Crippen molar-refractivity contribution < 1.29 is 23.8 Å². The molecule has 0 aromatic carbocycles. The van der Waals surface area contributed by atoms with E-state index in [1.54, 1.807) is 0 Å². The molecule has 0 aliphatic rings. The molecule has 0 saturated carbocycles. The summed E-state index contributed by atoms with van der Waals surface area (Å²) in [4.78, 5) is 25.1. The van der Waals surface area contributed by atoms with Crippen LogP contribution in [0.15, 0.2) is 12.2 Å². The Labute approximate surface area is 325 Å². The van der Waals surface area contributed by atoms with Gasteiger partial charge in [-0.05, 0) is 44.9 Å². The van der Waals surface area contributed by atoms with Gasteiger partial charge < -0.3 is 14.2 Å². The van der Waals surface area contributed by atoms with Crippen molar-refractivity contribution in [1.29, 1.82) is 0 Å². The van der Waals surface area contributed by atoms with Crippen LogP contribution in [0, 0.1) is 0 Å². The average molecular weight is 735 g/mol. The summed E-state index contributed by atoms with van der Waals surface area (Å²) in [6.07, 6.45) is 47.9. The minimum atomic E-state index is -0.524. The maximum Gasteiger partial charge on any atom is 0.306 e. The van der Waals surface area contributed by atoms with Gasteiger partial charge in [-0.1, -0.05) is 206 Å². The van der Waals surface area contributed by atoms with Gasteiger partial charge in [0, 0.05) is 19.4 Å². The summed E-state index contributed by atoms with van der Waals surface area (Å²) in [5.74, 6) is -0.392. The van der Waals surface area contributed by atoms with Crippen molar-refractivity contribution in [1.82, 2.24) is 0 Å². The molecular formula is C47H90O5. The molecule has 0 rings (SSSR count). The molecule has 0 aliphatic carbocycles. The third-order valence-corrected chi connectivity index (χ3v) is 10.3. The van der Waals surface area contributed by atoms with Crippen molar-refractivity contribution >= 4 is 11.9 Å². The molecule has 1 atom stereocenters. The number of carbonyl (C=O) groups excluding carboxylic acids is 2. The molecule has 52 heavy (non-hydrogen) atoms. The first-order chi connectivity index (χ1) is 25.6. The smallest absolute Gasteiger partial charge is 0.306 e. The van der Waals surface area contributed by atoms with Gasteiger partial charge in [0.25, 0.3) is 0 Å². The summed E-state index contributed by atoms with van der Waals surface area (Å²) in [6.45, 7) is 7.81. The van der Waals surface area contributed by atoms with Crippen LogP contribution in [0.4, 0.5) is 0 Å². The maximum atomic E-state index is 12.6. The van der Waals surface area contributed by atoms with Gasteiger partial charge in [-0.25, -0.2) is 0 Å². The van der Waals surface area contributed by atoms with Gasteiger partial charge in [-0.2, -0.15) is 0 Å². The summed E-state index contributed by atoms with van der Waals surface area (Å²) >= 11 is 0. The van der Waals surface area contributed by atoms with Crippen LogP contribution in [0.3, 0.4) is 0 Å². The van der Waals surface area contributed by atoms with Crippen LogP contribution in [-0.4, -0.2) is 37.9 Å². The third-order valence-electron chi connectivity index (χ3n) is 10.3. The Hall–Kier alpha value is -1.36. The third kappa shape index (κ3) is 41.4. The van der Waals surface area contributed by atoms with Crippen molar-refractivity contribution in [2.75, 3.05) is 19.8 Å². The van der Waals surface area contributed by atoms with Crippen LogP contribution in [0.25, 0.3) is 0 Å². The van der Waals surface area contributed by atoms with E-state index in [9.17, 15) is 9.59 Å². The highest BCUT2D eigenvalue weighted by atomic mass is 16.6. The van der Waals surface area contributed by atoms with E-state index in [1.807, 2.05) is 0 Å². The molecule has 308 valence electrons. The molecule has 0 N–H and O–H groups in total. The fraction of sp³-hybridized carbons (Fsp3) is 0.915. The molecule has 1 unspecified atom stereocenters. The highest BCUT2D eigenvalue weighted by Gasteiger charge is 2.17. The van der Waals surface area contributed by atoms with E-state index in [0.29, 0.717) is 26.1 Å². The van der Waals surface area contributed by atoms with Gasteiger partial charge in [0.05, 0.1) is 6.61 Å². The van der Waals surface area contributed by atoms with Gasteiger partial charge in [0.2, 0.25) is 0 Å². The second kappa shape index (κ2) is 44.0. The SMILES string of the molecule is CCCCCCCC/C=C\CCCCCCCCCCOCC(COC(=O)CCCCCCCCCCCCC)OC(=O)CCCCCCCCC. The second-order valence-electron chi connectivity index (χ2n) is 15.7. The number of ether oxygens (including phenoxy) is 3. The lowest BCUT2D eigenvalue weighted by Gasteiger charge is -2.18. The first kappa shape index (κ1) is 50.6. The van der Waals surface area contributed by atoms with Crippen LogP contribution in [0.2, 0.25) is 0 Å². The van der Waals surface area contributed by atoms with E-state index < -0.39 is 6.10 Å². The number of rotatable bonds is 43.